The SMILES string of the molecule is CCC[C@H](CC(=O)[C@@H]1C[C@@H](Oc2ccccc2)CN1C(=O)[C@@H](NC(=O)[C@@H](CC(=O)c1cnccn1)C1CCCCC1)C(C)(C)C)C(=O)C(=O)CC1CC1. The van der Waals surface area contributed by atoms with E-state index in [4.69, 9.17) is 4.74 Å². The van der Waals surface area contributed by atoms with Crippen LogP contribution in [0.25, 0.3) is 0 Å². The highest BCUT2D eigenvalue weighted by atomic mass is 16.5. The summed E-state index contributed by atoms with van der Waals surface area (Å²) in [4.78, 5) is 92.5. The molecule has 53 heavy (non-hydrogen) atoms. The van der Waals surface area contributed by atoms with Crippen LogP contribution < -0.4 is 10.1 Å². The van der Waals surface area contributed by atoms with Crippen molar-refractivity contribution >= 4 is 34.9 Å². The van der Waals surface area contributed by atoms with E-state index >= 15 is 0 Å². The van der Waals surface area contributed by atoms with Crippen molar-refractivity contribution in [2.24, 2.45) is 29.1 Å². The standard InChI is InChI=1S/C42H56N4O7/c1-5-12-29(38(50)37(49)21-27-17-18-27)22-36(48)34-23-31(53-30-15-10-7-11-16-30)26-46(34)41(52)39(42(2,3)4)45-40(51)32(28-13-8-6-9-14-28)24-35(47)33-25-43-19-20-44-33/h7,10-11,15-16,19-20,25,27-29,31-32,34,39H,5-6,8-9,12-14,17-18,21-24,26H2,1-4H3,(H,45,51)/t29-,31-,32+,34+,39-/m1/s1. The highest BCUT2D eigenvalue weighted by molar-refractivity contribution is 6.38. The molecule has 1 aromatic carbocycles. The molecule has 286 valence electrons. The highest BCUT2D eigenvalue weighted by Crippen LogP contribution is 2.36. The Morgan fingerprint density at radius 2 is 1.66 bits per heavy atom. The molecular weight excluding hydrogens is 672 g/mol. The third-order valence-corrected chi connectivity index (χ3v) is 11.1. The summed E-state index contributed by atoms with van der Waals surface area (Å²) in [5.74, 6) is -2.85. The lowest BCUT2D eigenvalue weighted by atomic mass is 9.76. The number of carbonyl (C=O) groups is 6. The minimum absolute atomic E-state index is 0.0273. The monoisotopic (exact) mass is 728 g/mol. The fourth-order valence-electron chi connectivity index (χ4n) is 7.91. The van der Waals surface area contributed by atoms with Crippen molar-refractivity contribution in [3.8, 4) is 5.75 Å². The number of nitrogens with one attached hydrogen (secondary N) is 1. The van der Waals surface area contributed by atoms with Crippen LogP contribution in [0.5, 0.6) is 5.75 Å². The van der Waals surface area contributed by atoms with Gasteiger partial charge in [-0.15, -0.1) is 0 Å². The van der Waals surface area contributed by atoms with Crippen LogP contribution in [0.15, 0.2) is 48.9 Å². The second-order valence-electron chi connectivity index (χ2n) is 16.4. The van der Waals surface area contributed by atoms with Gasteiger partial charge in [0.15, 0.2) is 17.3 Å². The van der Waals surface area contributed by atoms with Crippen molar-refractivity contribution in [2.45, 2.75) is 129 Å². The number of likely N-dealkylation sites (tertiary alicyclic amines) is 1. The zero-order valence-corrected chi connectivity index (χ0v) is 31.8. The summed E-state index contributed by atoms with van der Waals surface area (Å²) in [6, 6.07) is 7.26. The minimum atomic E-state index is -1.02. The Morgan fingerprint density at radius 3 is 2.28 bits per heavy atom. The van der Waals surface area contributed by atoms with Crippen LogP contribution in [0.4, 0.5) is 0 Å². The van der Waals surface area contributed by atoms with Gasteiger partial charge in [0.25, 0.3) is 0 Å². The third-order valence-electron chi connectivity index (χ3n) is 11.1. The number of nitrogens with zero attached hydrogens (tertiary/aromatic N) is 3. The lowest BCUT2D eigenvalue weighted by molar-refractivity contribution is -0.145. The summed E-state index contributed by atoms with van der Waals surface area (Å²) < 4.78 is 6.27. The van der Waals surface area contributed by atoms with E-state index in [2.05, 4.69) is 15.3 Å². The molecule has 3 aliphatic rings. The van der Waals surface area contributed by atoms with Crippen molar-refractivity contribution < 1.29 is 33.5 Å². The van der Waals surface area contributed by atoms with E-state index in [1.54, 1.807) is 0 Å². The number of hydrogen-bond acceptors (Lipinski definition) is 9. The molecule has 2 amide bonds. The first-order valence-corrected chi connectivity index (χ1v) is 19.6. The second-order valence-corrected chi connectivity index (χ2v) is 16.4. The maximum atomic E-state index is 14.8. The molecule has 11 nitrogen and oxygen atoms in total. The van der Waals surface area contributed by atoms with Crippen LogP contribution in [-0.4, -0.2) is 74.5 Å². The van der Waals surface area contributed by atoms with Gasteiger partial charge < -0.3 is 15.0 Å². The fourth-order valence-corrected chi connectivity index (χ4v) is 7.91. The van der Waals surface area contributed by atoms with Crippen molar-refractivity contribution in [2.75, 3.05) is 6.54 Å². The zero-order valence-electron chi connectivity index (χ0n) is 31.8. The van der Waals surface area contributed by atoms with Gasteiger partial charge in [-0.3, -0.25) is 33.8 Å². The van der Waals surface area contributed by atoms with Gasteiger partial charge in [0.05, 0.1) is 18.8 Å². The molecule has 5 rings (SSSR count). The van der Waals surface area contributed by atoms with Gasteiger partial charge in [0, 0.05) is 49.9 Å². The molecule has 1 aromatic heterocycles. The van der Waals surface area contributed by atoms with Gasteiger partial charge in [0.2, 0.25) is 17.6 Å². The maximum Gasteiger partial charge on any atom is 0.246 e. The lowest BCUT2D eigenvalue weighted by Gasteiger charge is -2.37. The van der Waals surface area contributed by atoms with Crippen LogP contribution in [0, 0.1) is 29.1 Å². The summed E-state index contributed by atoms with van der Waals surface area (Å²) >= 11 is 0. The summed E-state index contributed by atoms with van der Waals surface area (Å²) in [7, 11) is 0. The number of para-hydroxylation sites is 1. The fraction of sp³-hybridized carbons (Fsp3) is 0.619. The molecule has 1 saturated heterocycles. The third kappa shape index (κ3) is 10.9. The van der Waals surface area contributed by atoms with Crippen molar-refractivity contribution in [1.82, 2.24) is 20.2 Å². The summed E-state index contributed by atoms with van der Waals surface area (Å²) in [6.07, 6.45) is 11.6. The maximum absolute atomic E-state index is 14.8. The van der Waals surface area contributed by atoms with Crippen LogP contribution in [0.1, 0.15) is 122 Å². The molecule has 3 fully saturated rings. The first-order valence-electron chi connectivity index (χ1n) is 19.6. The molecule has 2 aliphatic carbocycles. The first kappa shape index (κ1) is 39.9. The van der Waals surface area contributed by atoms with Crippen LogP contribution in [0.3, 0.4) is 0 Å². The Kier molecular flexibility index (Phi) is 13.7. The normalized spacial score (nSPS) is 20.9. The van der Waals surface area contributed by atoms with Crippen molar-refractivity contribution in [1.29, 1.82) is 0 Å². The molecule has 2 saturated carbocycles. The Hall–Kier alpha value is -4.28. The molecule has 2 heterocycles. The van der Waals surface area contributed by atoms with Crippen LogP contribution in [0.2, 0.25) is 0 Å². The molecule has 0 radical (unpaired) electrons. The summed E-state index contributed by atoms with van der Waals surface area (Å²) in [5.41, 5.74) is -0.567. The lowest BCUT2D eigenvalue weighted by Crippen LogP contribution is -2.58. The van der Waals surface area contributed by atoms with E-state index < -0.39 is 52.9 Å². The Bertz CT molecular complexity index is 1600. The predicted molar refractivity (Wildman–Crippen MR) is 199 cm³/mol. The van der Waals surface area contributed by atoms with E-state index in [-0.39, 0.29) is 67.2 Å². The van der Waals surface area contributed by atoms with Gasteiger partial charge in [-0.2, -0.15) is 0 Å². The molecule has 0 bridgehead atoms. The van der Waals surface area contributed by atoms with E-state index in [1.165, 1.54) is 23.5 Å². The number of benzene rings is 1. The van der Waals surface area contributed by atoms with Gasteiger partial charge in [0.1, 0.15) is 23.6 Å². The van der Waals surface area contributed by atoms with Crippen LogP contribution in [-0.2, 0) is 24.0 Å². The molecule has 2 aromatic rings. The second kappa shape index (κ2) is 18.2. The molecular formula is C42H56N4O7. The Labute approximate surface area is 313 Å². The number of rotatable bonds is 18. The number of ether oxygens (including phenoxy) is 1. The van der Waals surface area contributed by atoms with E-state index in [9.17, 15) is 28.8 Å². The van der Waals surface area contributed by atoms with Crippen molar-refractivity contribution in [3.63, 3.8) is 0 Å². The Morgan fingerprint density at radius 1 is 0.943 bits per heavy atom. The quantitative estimate of drug-likeness (QED) is 0.141. The van der Waals surface area contributed by atoms with E-state index in [0.29, 0.717) is 18.6 Å². The summed E-state index contributed by atoms with van der Waals surface area (Å²) in [6.45, 7) is 7.62. The van der Waals surface area contributed by atoms with Gasteiger partial charge >= 0.3 is 0 Å². The highest BCUT2D eigenvalue weighted by Gasteiger charge is 2.47. The largest absolute Gasteiger partial charge is 0.488 e. The number of hydrogen-bond donors (Lipinski definition) is 1. The Balaban J connectivity index is 1.39. The topological polar surface area (TPSA) is 153 Å². The van der Waals surface area contributed by atoms with Gasteiger partial charge in [-0.1, -0.05) is 71.6 Å². The molecule has 0 spiro atoms. The molecule has 1 aliphatic heterocycles. The molecule has 11 heteroatoms. The number of aromatic nitrogens is 2. The first-order chi connectivity index (χ1) is 25.3. The average molecular weight is 729 g/mol. The number of carbonyl (C=O) groups excluding carboxylic acids is 6. The zero-order chi connectivity index (χ0) is 38.1. The van der Waals surface area contributed by atoms with E-state index in [1.807, 2.05) is 58.0 Å². The average Bonchev–Trinajstić information content (AvgIpc) is 3.87. The summed E-state index contributed by atoms with van der Waals surface area (Å²) in [5, 5.41) is 3.06. The van der Waals surface area contributed by atoms with Crippen molar-refractivity contribution in [3.05, 3.63) is 54.6 Å². The number of amides is 2. The van der Waals surface area contributed by atoms with Gasteiger partial charge in [-0.05, 0) is 61.5 Å². The van der Waals surface area contributed by atoms with Gasteiger partial charge in [-0.25, -0.2) is 4.98 Å². The molecule has 1 N–H and O–H groups in total. The van der Waals surface area contributed by atoms with Crippen LogP contribution >= 0.6 is 0 Å². The molecule has 0 unspecified atom stereocenters. The number of ketones is 4. The predicted octanol–water partition coefficient (Wildman–Crippen LogP) is 6.14. The van der Waals surface area contributed by atoms with E-state index in [0.717, 1.165) is 44.9 Å². The number of Topliss-reactive ketones (excluding diaryl/α,β-unsaturated/α-hetero) is 4. The smallest absolute Gasteiger partial charge is 0.246 e. The molecule has 5 atom stereocenters. The minimum Gasteiger partial charge on any atom is -0.488 e.